The Balaban J connectivity index is 1.33. The molecule has 3 aliphatic heterocycles. The van der Waals surface area contributed by atoms with Crippen molar-refractivity contribution < 1.29 is 63.5 Å². The Hall–Kier alpha value is -1.98. The van der Waals surface area contributed by atoms with Gasteiger partial charge >= 0.3 is 11.6 Å². The van der Waals surface area contributed by atoms with Crippen molar-refractivity contribution in [3.05, 3.63) is 33.4 Å². The Labute approximate surface area is 247 Å². The number of carbonyl (C=O) groups is 1. The van der Waals surface area contributed by atoms with Crippen molar-refractivity contribution in [3.8, 4) is 0 Å². The summed E-state index contributed by atoms with van der Waals surface area (Å²) in [6, 6.07) is 1.32. The van der Waals surface area contributed by atoms with Gasteiger partial charge in [0, 0.05) is 28.9 Å². The molecule has 1 aromatic rings. The van der Waals surface area contributed by atoms with Crippen molar-refractivity contribution in [2.75, 3.05) is 13.2 Å². The first-order valence-electron chi connectivity index (χ1n) is 14.7. The van der Waals surface area contributed by atoms with Crippen LogP contribution in [0.5, 0.6) is 0 Å². The van der Waals surface area contributed by atoms with Crippen LogP contribution in [0, 0.1) is 11.3 Å². The van der Waals surface area contributed by atoms with E-state index in [0.29, 0.717) is 24.0 Å². The van der Waals surface area contributed by atoms with Gasteiger partial charge in [-0.1, -0.05) is 20.8 Å². The Bertz CT molecular complexity index is 1300. The first-order valence-corrected chi connectivity index (χ1v) is 14.7. The maximum Gasteiger partial charge on any atom is 0.336 e. The average molecular weight is 613 g/mol. The fraction of sp³-hybridized carbons (Fsp3) is 0.793. The van der Waals surface area contributed by atoms with E-state index < -0.39 is 95.9 Å². The van der Waals surface area contributed by atoms with Crippen LogP contribution < -0.4 is 5.63 Å². The van der Waals surface area contributed by atoms with Gasteiger partial charge in [0.1, 0.15) is 54.6 Å². The van der Waals surface area contributed by atoms with Gasteiger partial charge < -0.3 is 58.7 Å². The Kier molecular flexibility index (Phi) is 7.81. The van der Waals surface area contributed by atoms with Gasteiger partial charge in [0.2, 0.25) is 0 Å². The zero-order valence-electron chi connectivity index (χ0n) is 24.4. The van der Waals surface area contributed by atoms with Crippen molar-refractivity contribution in [2.24, 2.45) is 11.3 Å². The van der Waals surface area contributed by atoms with Gasteiger partial charge in [-0.2, -0.15) is 0 Å². The Morgan fingerprint density at radius 3 is 2.26 bits per heavy atom. The highest BCUT2D eigenvalue weighted by molar-refractivity contribution is 5.81. The van der Waals surface area contributed by atoms with Crippen LogP contribution in [0.1, 0.15) is 69.4 Å². The topological polar surface area (TPSA) is 215 Å². The molecule has 0 bridgehead atoms. The molecule has 6 rings (SSSR count). The molecular formula is C29H40O14. The van der Waals surface area contributed by atoms with E-state index in [9.17, 15) is 40.2 Å². The lowest BCUT2D eigenvalue weighted by molar-refractivity contribution is -0.337. The lowest BCUT2D eigenvalue weighted by Gasteiger charge is -2.55. The molecule has 240 valence electrons. The zero-order chi connectivity index (χ0) is 31.2. The van der Waals surface area contributed by atoms with Gasteiger partial charge in [-0.3, -0.25) is 4.79 Å². The number of hydrogen-bond donors (Lipinski definition) is 6. The Morgan fingerprint density at radius 1 is 0.907 bits per heavy atom. The summed E-state index contributed by atoms with van der Waals surface area (Å²) in [4.78, 5) is 26.2. The fourth-order valence-corrected chi connectivity index (χ4v) is 7.83. The summed E-state index contributed by atoms with van der Waals surface area (Å²) in [7, 11) is 0. The first kappa shape index (κ1) is 31.0. The first-order chi connectivity index (χ1) is 20.2. The second-order valence-corrected chi connectivity index (χ2v) is 13.2. The van der Waals surface area contributed by atoms with Gasteiger partial charge in [-0.25, -0.2) is 4.79 Å². The third-order valence-electron chi connectivity index (χ3n) is 10.2. The van der Waals surface area contributed by atoms with Crippen LogP contribution in [0.25, 0.3) is 0 Å². The number of fused-ring (bicyclic) bond motifs is 2. The second kappa shape index (κ2) is 10.8. The van der Waals surface area contributed by atoms with Crippen LogP contribution in [0.15, 0.2) is 15.3 Å². The molecular weight excluding hydrogens is 572 g/mol. The van der Waals surface area contributed by atoms with Crippen molar-refractivity contribution in [1.82, 2.24) is 0 Å². The van der Waals surface area contributed by atoms with Gasteiger partial charge in [0.05, 0.1) is 24.7 Å². The molecule has 0 radical (unpaired) electrons. The van der Waals surface area contributed by atoms with E-state index in [0.717, 1.165) is 0 Å². The monoisotopic (exact) mass is 612 g/mol. The summed E-state index contributed by atoms with van der Waals surface area (Å²) >= 11 is 0. The van der Waals surface area contributed by atoms with Crippen LogP contribution in [-0.2, 0) is 33.9 Å². The molecule has 4 heterocycles. The van der Waals surface area contributed by atoms with Crippen LogP contribution in [0.2, 0.25) is 0 Å². The molecule has 1 aromatic heterocycles. The molecule has 0 spiro atoms. The predicted octanol–water partition coefficient (Wildman–Crippen LogP) is -1.30. The molecule has 2 aliphatic carbocycles. The van der Waals surface area contributed by atoms with E-state index in [4.69, 9.17) is 28.1 Å². The van der Waals surface area contributed by atoms with Crippen molar-refractivity contribution in [1.29, 1.82) is 0 Å². The largest absolute Gasteiger partial charge is 0.458 e. The minimum atomic E-state index is -1.69. The normalized spacial score (nSPS) is 47.7. The lowest BCUT2D eigenvalue weighted by atomic mass is 9.48. The maximum absolute atomic E-state index is 13.4. The molecule has 14 heteroatoms. The quantitative estimate of drug-likeness (QED) is 0.213. The van der Waals surface area contributed by atoms with Gasteiger partial charge in [-0.15, -0.1) is 0 Å². The summed E-state index contributed by atoms with van der Waals surface area (Å²) in [5.41, 5.74) is -1.74. The highest BCUT2D eigenvalue weighted by Gasteiger charge is 2.70. The summed E-state index contributed by atoms with van der Waals surface area (Å²) < 4.78 is 34.6. The fourth-order valence-electron chi connectivity index (χ4n) is 7.83. The number of hydrogen-bond acceptors (Lipinski definition) is 14. The van der Waals surface area contributed by atoms with Crippen molar-refractivity contribution in [3.63, 3.8) is 0 Å². The smallest absolute Gasteiger partial charge is 0.336 e. The van der Waals surface area contributed by atoms with Crippen LogP contribution in [0.3, 0.4) is 0 Å². The standard InChI is InChI=1S/C29H40O14/c1-10(2)21-16-11(7-15(32)41-21)29(4)14(31)5-6-28(3)24(29)23(43-27(28)37)22(16)42-26-20(36)18(34)13(9-39-26)40-25-19(35)17(33)12(30)8-38-25/h7,10,12-14,17-20,22-26,30-31,33-36H,5-6,8-9H2,1-4H3/t12-,13+,14+,17-,18-,19+,20+,22+,23+,24-,25-,26-,28-,29-/m0/s1. The van der Waals surface area contributed by atoms with Gasteiger partial charge in [-0.05, 0) is 25.3 Å². The number of carbonyl (C=O) groups excluding carboxylic acids is 1. The van der Waals surface area contributed by atoms with Crippen LogP contribution >= 0.6 is 0 Å². The van der Waals surface area contributed by atoms with Crippen molar-refractivity contribution >= 4 is 5.97 Å². The molecule has 3 saturated heterocycles. The van der Waals surface area contributed by atoms with E-state index in [1.807, 2.05) is 20.8 Å². The number of esters is 1. The molecule has 1 saturated carbocycles. The maximum atomic E-state index is 13.4. The Morgan fingerprint density at radius 2 is 1.56 bits per heavy atom. The summed E-state index contributed by atoms with van der Waals surface area (Å²) in [5.74, 6) is -1.08. The highest BCUT2D eigenvalue weighted by atomic mass is 16.7. The average Bonchev–Trinajstić information content (AvgIpc) is 3.23. The van der Waals surface area contributed by atoms with E-state index in [1.165, 1.54) is 6.07 Å². The molecule has 14 nitrogen and oxygen atoms in total. The van der Waals surface area contributed by atoms with Gasteiger partial charge in [0.25, 0.3) is 0 Å². The van der Waals surface area contributed by atoms with Crippen LogP contribution in [-0.4, -0.2) is 111 Å². The molecule has 0 aromatic carbocycles. The van der Waals surface area contributed by atoms with E-state index in [1.54, 1.807) is 6.92 Å². The lowest BCUT2D eigenvalue weighted by Crippen LogP contribution is -2.62. The highest BCUT2D eigenvalue weighted by Crippen LogP contribution is 2.64. The molecule has 0 unspecified atom stereocenters. The molecule has 43 heavy (non-hydrogen) atoms. The molecule has 14 atom stereocenters. The minimum Gasteiger partial charge on any atom is -0.458 e. The predicted molar refractivity (Wildman–Crippen MR) is 141 cm³/mol. The molecule has 4 fully saturated rings. The molecule has 0 amide bonds. The molecule has 5 aliphatic rings. The number of aliphatic hydroxyl groups excluding tert-OH is 6. The van der Waals surface area contributed by atoms with Crippen molar-refractivity contribution in [2.45, 2.75) is 119 Å². The zero-order valence-corrected chi connectivity index (χ0v) is 24.4. The third-order valence-corrected chi connectivity index (χ3v) is 10.2. The number of ether oxygens (including phenoxy) is 5. The summed E-state index contributed by atoms with van der Waals surface area (Å²) in [5, 5.41) is 63.3. The molecule has 6 N–H and O–H groups in total. The number of rotatable bonds is 5. The van der Waals surface area contributed by atoms with E-state index in [2.05, 4.69) is 0 Å². The second-order valence-electron chi connectivity index (χ2n) is 13.2. The van der Waals surface area contributed by atoms with E-state index in [-0.39, 0.29) is 24.9 Å². The van der Waals surface area contributed by atoms with Crippen LogP contribution in [0.4, 0.5) is 0 Å². The summed E-state index contributed by atoms with van der Waals surface area (Å²) in [6.07, 6.45) is -14.0. The SMILES string of the molecule is CC(C)c1oc(=O)cc2c1[C@@H](O[C@@H]1OC[C@@H](O[C@@H]3OC[C@H](O)[C@H](O)[C@H]3O)[C@H](O)[C@H]1O)[C@H]1OC(=O)[C@@]3(C)CC[C@@H](O)[C@@]2(C)[C@@H]13. The number of aliphatic hydroxyl groups is 6. The third kappa shape index (κ3) is 4.61. The van der Waals surface area contributed by atoms with E-state index >= 15 is 0 Å². The summed E-state index contributed by atoms with van der Waals surface area (Å²) in [6.45, 7) is 6.61. The minimum absolute atomic E-state index is 0.283. The van der Waals surface area contributed by atoms with Gasteiger partial charge in [0.15, 0.2) is 12.6 Å².